The molecule has 2 aromatic carbocycles. The van der Waals surface area contributed by atoms with Gasteiger partial charge in [0.2, 0.25) is 5.91 Å². The average molecular weight is 444 g/mol. The highest BCUT2D eigenvalue weighted by Gasteiger charge is 2.48. The maximum Gasteiger partial charge on any atom is 0.275 e. The number of carbonyl (C=O) groups is 2. The van der Waals surface area contributed by atoms with Gasteiger partial charge in [-0.25, -0.2) is 8.78 Å². The maximum absolute atomic E-state index is 13.4. The number of benzene rings is 2. The van der Waals surface area contributed by atoms with Crippen molar-refractivity contribution >= 4 is 35.0 Å². The molecule has 0 aromatic heterocycles. The third-order valence-corrected chi connectivity index (χ3v) is 6.48. The van der Waals surface area contributed by atoms with Crippen molar-refractivity contribution in [2.45, 2.75) is 42.7 Å². The Kier molecular flexibility index (Phi) is 6.09. The number of amides is 2. The van der Waals surface area contributed by atoms with Gasteiger partial charge >= 0.3 is 0 Å². The standard InChI is InChI=1S/C23H23F2N3O2S/c1-31-19-7-5-15(6-8-19)21-22(30)28(23(27-21)9-3-2-4-10-23)14-20(29)26-18-12-16(24)11-17(25)13-18/h5-8,11-13H,2-4,9-10,14H2,1H3,(H,26,29). The van der Waals surface area contributed by atoms with Crippen LogP contribution >= 0.6 is 11.8 Å². The van der Waals surface area contributed by atoms with Crippen molar-refractivity contribution in [3.05, 3.63) is 59.7 Å². The lowest BCUT2D eigenvalue weighted by Crippen LogP contribution is -2.51. The number of halogens is 2. The third-order valence-electron chi connectivity index (χ3n) is 5.74. The van der Waals surface area contributed by atoms with E-state index in [1.165, 1.54) is 4.90 Å². The minimum absolute atomic E-state index is 0.0145. The highest BCUT2D eigenvalue weighted by Crippen LogP contribution is 2.39. The third kappa shape index (κ3) is 4.49. The molecule has 162 valence electrons. The van der Waals surface area contributed by atoms with E-state index < -0.39 is 23.2 Å². The predicted molar refractivity (Wildman–Crippen MR) is 117 cm³/mol. The second-order valence-electron chi connectivity index (χ2n) is 7.83. The molecule has 5 nitrogen and oxygen atoms in total. The van der Waals surface area contributed by atoms with Crippen LogP contribution in [0, 0.1) is 11.6 Å². The Morgan fingerprint density at radius 1 is 1.10 bits per heavy atom. The van der Waals surface area contributed by atoms with Crippen LogP contribution in [0.5, 0.6) is 0 Å². The minimum Gasteiger partial charge on any atom is -0.324 e. The fraction of sp³-hybridized carbons (Fsp3) is 0.348. The van der Waals surface area contributed by atoms with Gasteiger partial charge in [0.25, 0.3) is 5.91 Å². The van der Waals surface area contributed by atoms with E-state index in [2.05, 4.69) is 5.32 Å². The highest BCUT2D eigenvalue weighted by molar-refractivity contribution is 7.98. The molecule has 0 unspecified atom stereocenters. The van der Waals surface area contributed by atoms with Crippen LogP contribution in [0.15, 0.2) is 52.4 Å². The monoisotopic (exact) mass is 443 g/mol. The molecule has 31 heavy (non-hydrogen) atoms. The molecule has 0 atom stereocenters. The van der Waals surface area contributed by atoms with Gasteiger partial charge in [-0.15, -0.1) is 11.8 Å². The van der Waals surface area contributed by atoms with Gasteiger partial charge in [0.1, 0.15) is 29.6 Å². The Morgan fingerprint density at radius 2 is 1.74 bits per heavy atom. The number of carbonyl (C=O) groups excluding carboxylic acids is 2. The molecule has 2 aliphatic rings. The molecule has 0 bridgehead atoms. The molecule has 1 N–H and O–H groups in total. The summed E-state index contributed by atoms with van der Waals surface area (Å²) in [5.74, 6) is -2.37. The average Bonchev–Trinajstić information content (AvgIpc) is 2.99. The van der Waals surface area contributed by atoms with Crippen molar-refractivity contribution in [3.63, 3.8) is 0 Å². The van der Waals surface area contributed by atoms with Gasteiger partial charge in [0, 0.05) is 22.2 Å². The molecular formula is C23H23F2N3O2S. The van der Waals surface area contributed by atoms with Gasteiger partial charge in [-0.2, -0.15) is 0 Å². The largest absolute Gasteiger partial charge is 0.324 e. The molecule has 1 spiro atoms. The highest BCUT2D eigenvalue weighted by atomic mass is 32.2. The van der Waals surface area contributed by atoms with E-state index in [0.29, 0.717) is 18.6 Å². The van der Waals surface area contributed by atoms with Crippen LogP contribution in [0.2, 0.25) is 0 Å². The van der Waals surface area contributed by atoms with Crippen LogP contribution in [0.4, 0.5) is 14.5 Å². The van der Waals surface area contributed by atoms with Crippen molar-refractivity contribution in [2.24, 2.45) is 4.99 Å². The summed E-state index contributed by atoms with van der Waals surface area (Å²) in [6.45, 7) is -0.229. The molecule has 1 fully saturated rings. The summed E-state index contributed by atoms with van der Waals surface area (Å²) in [5.41, 5.74) is 0.357. The molecule has 1 aliphatic carbocycles. The van der Waals surface area contributed by atoms with Crippen molar-refractivity contribution in [1.29, 1.82) is 0 Å². The topological polar surface area (TPSA) is 61.8 Å². The smallest absolute Gasteiger partial charge is 0.275 e. The first kappa shape index (κ1) is 21.5. The zero-order valence-corrected chi connectivity index (χ0v) is 18.0. The summed E-state index contributed by atoms with van der Waals surface area (Å²) in [4.78, 5) is 33.5. The van der Waals surface area contributed by atoms with E-state index in [-0.39, 0.29) is 18.1 Å². The Morgan fingerprint density at radius 3 is 2.35 bits per heavy atom. The van der Waals surface area contributed by atoms with E-state index in [1.54, 1.807) is 11.8 Å². The number of anilines is 1. The molecule has 1 aliphatic heterocycles. The molecular weight excluding hydrogens is 420 g/mol. The summed E-state index contributed by atoms with van der Waals surface area (Å²) < 4.78 is 26.9. The Balaban J connectivity index is 1.58. The van der Waals surface area contributed by atoms with E-state index in [1.807, 2.05) is 30.5 Å². The Labute approximate surface area is 183 Å². The quantitative estimate of drug-likeness (QED) is 0.686. The number of thioether (sulfide) groups is 1. The SMILES string of the molecule is CSc1ccc(C2=NC3(CCCCC3)N(CC(=O)Nc3cc(F)cc(F)c3)C2=O)cc1. The molecule has 0 radical (unpaired) electrons. The van der Waals surface area contributed by atoms with Gasteiger partial charge in [0.15, 0.2) is 0 Å². The van der Waals surface area contributed by atoms with E-state index in [4.69, 9.17) is 4.99 Å². The lowest BCUT2D eigenvalue weighted by atomic mass is 9.88. The van der Waals surface area contributed by atoms with Gasteiger partial charge in [-0.3, -0.25) is 14.6 Å². The number of hydrogen-bond donors (Lipinski definition) is 1. The maximum atomic E-state index is 13.4. The number of aliphatic imine (C=N–C) groups is 1. The van der Waals surface area contributed by atoms with Crippen molar-refractivity contribution < 1.29 is 18.4 Å². The number of nitrogens with one attached hydrogen (secondary N) is 1. The summed E-state index contributed by atoms with van der Waals surface area (Å²) in [7, 11) is 0. The fourth-order valence-electron chi connectivity index (χ4n) is 4.26. The van der Waals surface area contributed by atoms with Crippen molar-refractivity contribution in [1.82, 2.24) is 4.90 Å². The van der Waals surface area contributed by atoms with Gasteiger partial charge < -0.3 is 10.2 Å². The molecule has 8 heteroatoms. The van der Waals surface area contributed by atoms with E-state index in [9.17, 15) is 18.4 Å². The fourth-order valence-corrected chi connectivity index (χ4v) is 4.67. The summed E-state index contributed by atoms with van der Waals surface area (Å²) in [6, 6.07) is 10.4. The summed E-state index contributed by atoms with van der Waals surface area (Å²) in [5, 5.41) is 2.50. The number of hydrogen-bond acceptors (Lipinski definition) is 4. The number of rotatable bonds is 5. The summed E-state index contributed by atoms with van der Waals surface area (Å²) >= 11 is 1.61. The second-order valence-corrected chi connectivity index (χ2v) is 8.71. The normalized spacial score (nSPS) is 17.7. The second kappa shape index (κ2) is 8.78. The van der Waals surface area contributed by atoms with E-state index in [0.717, 1.165) is 47.9 Å². The molecule has 1 saturated carbocycles. The minimum atomic E-state index is -0.782. The molecule has 0 saturated heterocycles. The zero-order chi connectivity index (χ0) is 22.0. The van der Waals surface area contributed by atoms with Gasteiger partial charge in [0.05, 0.1) is 0 Å². The van der Waals surface area contributed by atoms with Crippen molar-refractivity contribution in [2.75, 3.05) is 18.1 Å². The first-order chi connectivity index (χ1) is 14.9. The molecule has 4 rings (SSSR count). The Hall–Kier alpha value is -2.74. The summed E-state index contributed by atoms with van der Waals surface area (Å²) in [6.07, 6.45) is 6.26. The first-order valence-electron chi connectivity index (χ1n) is 10.2. The molecule has 2 amide bonds. The van der Waals surface area contributed by atoms with E-state index >= 15 is 0 Å². The van der Waals surface area contributed by atoms with Crippen molar-refractivity contribution in [3.8, 4) is 0 Å². The van der Waals surface area contributed by atoms with Crippen LogP contribution in [-0.4, -0.2) is 40.9 Å². The molecule has 1 heterocycles. The van der Waals surface area contributed by atoms with Crippen LogP contribution in [-0.2, 0) is 9.59 Å². The van der Waals surface area contributed by atoms with Gasteiger partial charge in [-0.1, -0.05) is 18.6 Å². The number of nitrogens with zero attached hydrogens (tertiary/aromatic N) is 2. The Bertz CT molecular complexity index is 1010. The van der Waals surface area contributed by atoms with Crippen LogP contribution in [0.1, 0.15) is 37.7 Å². The first-order valence-corrected chi connectivity index (χ1v) is 11.4. The van der Waals surface area contributed by atoms with Crippen LogP contribution in [0.25, 0.3) is 0 Å². The lowest BCUT2D eigenvalue weighted by Gasteiger charge is -2.38. The van der Waals surface area contributed by atoms with Crippen LogP contribution < -0.4 is 5.32 Å². The zero-order valence-electron chi connectivity index (χ0n) is 17.2. The predicted octanol–water partition coefficient (Wildman–Crippen LogP) is 4.62. The van der Waals surface area contributed by atoms with Gasteiger partial charge in [-0.05, 0) is 56.2 Å². The van der Waals surface area contributed by atoms with Crippen LogP contribution in [0.3, 0.4) is 0 Å². The lowest BCUT2D eigenvalue weighted by molar-refractivity contribution is -0.134. The molecule has 2 aromatic rings.